The zero-order valence-electron chi connectivity index (χ0n) is 8.27. The third-order valence-electron chi connectivity index (χ3n) is 2.56. The summed E-state index contributed by atoms with van der Waals surface area (Å²) >= 11 is 1.63. The van der Waals surface area contributed by atoms with Crippen LogP contribution in [0.3, 0.4) is 0 Å². The number of amides is 1. The lowest BCUT2D eigenvalue weighted by Gasteiger charge is -2.17. The summed E-state index contributed by atoms with van der Waals surface area (Å²) in [4.78, 5) is 14.3. The minimum absolute atomic E-state index is 0.0811. The Hall–Kier alpha value is -1.03. The van der Waals surface area contributed by atoms with E-state index in [9.17, 15) is 4.79 Å². The third-order valence-corrected chi connectivity index (χ3v) is 3.49. The minimum Gasteiger partial charge on any atom is -0.438 e. The van der Waals surface area contributed by atoms with Crippen LogP contribution in [-0.2, 0) is 4.74 Å². The summed E-state index contributed by atoms with van der Waals surface area (Å²) in [6.07, 6.45) is -0.277. The SMILES string of the molecule is CCN1C(=O)O[C@H](c2cccs2)[C@@H]1C. The summed E-state index contributed by atoms with van der Waals surface area (Å²) in [6, 6.07) is 4.14. The van der Waals surface area contributed by atoms with E-state index in [1.807, 2.05) is 31.4 Å². The molecule has 1 aromatic heterocycles. The van der Waals surface area contributed by atoms with Gasteiger partial charge in [-0.05, 0) is 25.3 Å². The molecule has 0 aliphatic carbocycles. The van der Waals surface area contributed by atoms with Gasteiger partial charge in [0, 0.05) is 11.4 Å². The minimum atomic E-state index is -0.196. The van der Waals surface area contributed by atoms with Gasteiger partial charge >= 0.3 is 6.09 Å². The van der Waals surface area contributed by atoms with E-state index >= 15 is 0 Å². The highest BCUT2D eigenvalue weighted by atomic mass is 32.1. The molecule has 2 heterocycles. The van der Waals surface area contributed by atoms with Crippen LogP contribution in [-0.4, -0.2) is 23.6 Å². The zero-order chi connectivity index (χ0) is 10.1. The lowest BCUT2D eigenvalue weighted by Crippen LogP contribution is -2.31. The first-order valence-corrected chi connectivity index (χ1v) is 5.62. The Kier molecular flexibility index (Phi) is 2.46. The normalized spacial score (nSPS) is 26.7. The molecular weight excluding hydrogens is 198 g/mol. The van der Waals surface area contributed by atoms with Crippen LogP contribution in [0.2, 0.25) is 0 Å². The van der Waals surface area contributed by atoms with Crippen LogP contribution in [0.4, 0.5) is 4.79 Å². The molecule has 2 atom stereocenters. The smallest absolute Gasteiger partial charge is 0.410 e. The fraction of sp³-hybridized carbons (Fsp3) is 0.500. The highest BCUT2D eigenvalue weighted by Crippen LogP contribution is 2.34. The molecule has 0 unspecified atom stereocenters. The number of nitrogens with zero attached hydrogens (tertiary/aromatic N) is 1. The highest BCUT2D eigenvalue weighted by molar-refractivity contribution is 7.10. The summed E-state index contributed by atoms with van der Waals surface area (Å²) in [7, 11) is 0. The van der Waals surface area contributed by atoms with Crippen molar-refractivity contribution in [2.24, 2.45) is 0 Å². The Morgan fingerprint density at radius 2 is 2.43 bits per heavy atom. The molecule has 14 heavy (non-hydrogen) atoms. The van der Waals surface area contributed by atoms with Gasteiger partial charge < -0.3 is 9.64 Å². The quantitative estimate of drug-likeness (QED) is 0.752. The van der Waals surface area contributed by atoms with E-state index in [4.69, 9.17) is 4.74 Å². The largest absolute Gasteiger partial charge is 0.438 e. The fourth-order valence-electron chi connectivity index (χ4n) is 1.77. The van der Waals surface area contributed by atoms with Crippen molar-refractivity contribution in [3.8, 4) is 0 Å². The average molecular weight is 211 g/mol. The van der Waals surface area contributed by atoms with Crippen LogP contribution in [0.5, 0.6) is 0 Å². The van der Waals surface area contributed by atoms with Crippen LogP contribution in [0, 0.1) is 0 Å². The van der Waals surface area contributed by atoms with Gasteiger partial charge in [0.1, 0.15) is 0 Å². The van der Waals surface area contributed by atoms with E-state index in [1.165, 1.54) is 0 Å². The molecule has 2 rings (SSSR count). The number of ether oxygens (including phenoxy) is 1. The molecule has 0 spiro atoms. The molecular formula is C10H13NO2S. The number of likely N-dealkylation sites (N-methyl/N-ethyl adjacent to an activating group) is 1. The van der Waals surface area contributed by atoms with Crippen LogP contribution in [0.25, 0.3) is 0 Å². The van der Waals surface area contributed by atoms with Crippen LogP contribution >= 0.6 is 11.3 Å². The van der Waals surface area contributed by atoms with Crippen molar-refractivity contribution in [2.45, 2.75) is 26.0 Å². The standard InChI is InChI=1S/C10H13NO2S/c1-3-11-7(2)9(13-10(11)12)8-5-4-6-14-8/h4-7,9H,3H2,1-2H3/t7-,9-/m0/s1. The van der Waals surface area contributed by atoms with Crippen molar-refractivity contribution < 1.29 is 9.53 Å². The molecule has 0 aromatic carbocycles. The van der Waals surface area contributed by atoms with Crippen molar-refractivity contribution >= 4 is 17.4 Å². The van der Waals surface area contributed by atoms with Crippen LogP contribution < -0.4 is 0 Å². The van der Waals surface area contributed by atoms with Crippen molar-refractivity contribution in [2.75, 3.05) is 6.54 Å². The molecule has 0 N–H and O–H groups in total. The zero-order valence-corrected chi connectivity index (χ0v) is 9.08. The van der Waals surface area contributed by atoms with E-state index < -0.39 is 0 Å². The van der Waals surface area contributed by atoms with Gasteiger partial charge in [-0.1, -0.05) is 6.07 Å². The summed E-state index contributed by atoms with van der Waals surface area (Å²) in [5.41, 5.74) is 0. The first kappa shape index (κ1) is 9.52. The van der Waals surface area contributed by atoms with Gasteiger partial charge in [0.2, 0.25) is 0 Å². The molecule has 1 aliphatic heterocycles. The molecule has 0 saturated carbocycles. The molecule has 3 nitrogen and oxygen atoms in total. The predicted molar refractivity (Wildman–Crippen MR) is 55.4 cm³/mol. The second-order valence-corrected chi connectivity index (χ2v) is 4.33. The number of hydrogen-bond acceptors (Lipinski definition) is 3. The average Bonchev–Trinajstić information content (AvgIpc) is 2.74. The van der Waals surface area contributed by atoms with Gasteiger partial charge in [0.25, 0.3) is 0 Å². The number of hydrogen-bond donors (Lipinski definition) is 0. The topological polar surface area (TPSA) is 29.5 Å². The Morgan fingerprint density at radius 1 is 1.64 bits per heavy atom. The van der Waals surface area contributed by atoms with E-state index in [0.29, 0.717) is 6.54 Å². The number of rotatable bonds is 2. The molecule has 1 fully saturated rings. The van der Waals surface area contributed by atoms with Crippen molar-refractivity contribution in [1.29, 1.82) is 0 Å². The number of thiophene rings is 1. The fourth-order valence-corrected chi connectivity index (χ4v) is 2.62. The molecule has 1 amide bonds. The Bertz CT molecular complexity index is 323. The van der Waals surface area contributed by atoms with Gasteiger partial charge in [-0.2, -0.15) is 0 Å². The lowest BCUT2D eigenvalue weighted by atomic mass is 10.1. The Balaban J connectivity index is 2.21. The van der Waals surface area contributed by atoms with Gasteiger partial charge in [-0.3, -0.25) is 0 Å². The predicted octanol–water partition coefficient (Wildman–Crippen LogP) is 2.65. The molecule has 0 radical (unpaired) electrons. The molecule has 1 saturated heterocycles. The second kappa shape index (κ2) is 3.61. The molecule has 1 aromatic rings. The number of carbonyl (C=O) groups is 1. The first-order valence-electron chi connectivity index (χ1n) is 4.74. The maximum absolute atomic E-state index is 11.4. The summed E-state index contributed by atoms with van der Waals surface area (Å²) in [6.45, 7) is 4.70. The number of cyclic esters (lactones) is 1. The van der Waals surface area contributed by atoms with Crippen molar-refractivity contribution in [3.63, 3.8) is 0 Å². The summed E-state index contributed by atoms with van der Waals surface area (Å²) in [5, 5.41) is 2.00. The first-order chi connectivity index (χ1) is 6.74. The third kappa shape index (κ3) is 1.39. The maximum atomic E-state index is 11.4. The second-order valence-electron chi connectivity index (χ2n) is 3.35. The summed E-state index contributed by atoms with van der Waals surface area (Å²) in [5.74, 6) is 0. The van der Waals surface area contributed by atoms with Crippen LogP contribution in [0.1, 0.15) is 24.8 Å². The van der Waals surface area contributed by atoms with Crippen molar-refractivity contribution in [1.82, 2.24) is 4.90 Å². The van der Waals surface area contributed by atoms with E-state index in [1.54, 1.807) is 16.2 Å². The van der Waals surface area contributed by atoms with E-state index in [-0.39, 0.29) is 18.2 Å². The van der Waals surface area contributed by atoms with Crippen molar-refractivity contribution in [3.05, 3.63) is 22.4 Å². The monoisotopic (exact) mass is 211 g/mol. The van der Waals surface area contributed by atoms with E-state index in [0.717, 1.165) is 4.88 Å². The lowest BCUT2D eigenvalue weighted by molar-refractivity contribution is 0.132. The van der Waals surface area contributed by atoms with Crippen LogP contribution in [0.15, 0.2) is 17.5 Å². The van der Waals surface area contributed by atoms with Gasteiger partial charge in [0.05, 0.1) is 6.04 Å². The molecule has 76 valence electrons. The Morgan fingerprint density at radius 3 is 2.93 bits per heavy atom. The molecule has 4 heteroatoms. The Labute approximate surface area is 87.3 Å². The molecule has 0 bridgehead atoms. The van der Waals surface area contributed by atoms with Gasteiger partial charge in [0.15, 0.2) is 6.10 Å². The maximum Gasteiger partial charge on any atom is 0.410 e. The number of carbonyl (C=O) groups excluding carboxylic acids is 1. The van der Waals surface area contributed by atoms with E-state index in [2.05, 4.69) is 0 Å². The van der Waals surface area contributed by atoms with Gasteiger partial charge in [-0.25, -0.2) is 4.79 Å². The molecule has 1 aliphatic rings. The van der Waals surface area contributed by atoms with Gasteiger partial charge in [-0.15, -0.1) is 11.3 Å². The highest BCUT2D eigenvalue weighted by Gasteiger charge is 2.38. The summed E-state index contributed by atoms with van der Waals surface area (Å²) < 4.78 is 5.32.